The van der Waals surface area contributed by atoms with E-state index in [1.807, 2.05) is 18.2 Å². The van der Waals surface area contributed by atoms with Gasteiger partial charge >= 0.3 is 5.69 Å². The monoisotopic (exact) mass is 284 g/mol. The highest BCUT2D eigenvalue weighted by atomic mass is 16.6. The van der Waals surface area contributed by atoms with Crippen LogP contribution in [0, 0.1) is 10.1 Å². The van der Waals surface area contributed by atoms with Gasteiger partial charge in [-0.1, -0.05) is 18.2 Å². The second-order valence-corrected chi connectivity index (χ2v) is 4.48. The third-order valence-corrected chi connectivity index (χ3v) is 3.02. The molecule has 0 aliphatic carbocycles. The summed E-state index contributed by atoms with van der Waals surface area (Å²) in [5, 5.41) is 19.1. The summed E-state index contributed by atoms with van der Waals surface area (Å²) >= 11 is 0. The zero-order valence-electron chi connectivity index (χ0n) is 11.2. The normalized spacial score (nSPS) is 10.7. The molecule has 0 atom stereocenters. The molecule has 0 saturated carbocycles. The van der Waals surface area contributed by atoms with Gasteiger partial charge in [0.15, 0.2) is 5.82 Å². The fourth-order valence-corrected chi connectivity index (χ4v) is 2.09. The van der Waals surface area contributed by atoms with E-state index in [9.17, 15) is 10.1 Å². The third kappa shape index (κ3) is 2.50. The number of anilines is 1. The number of hydrogen-bond acceptors (Lipinski definition) is 6. The summed E-state index contributed by atoms with van der Waals surface area (Å²) in [5.74, 6) is 0.563. The molecule has 2 aromatic heterocycles. The predicted molar refractivity (Wildman–Crippen MR) is 76.7 cm³/mol. The van der Waals surface area contributed by atoms with E-state index in [-0.39, 0.29) is 5.69 Å². The Balaban J connectivity index is 2.01. The maximum absolute atomic E-state index is 11.2. The van der Waals surface area contributed by atoms with Crippen LogP contribution in [0.3, 0.4) is 0 Å². The minimum absolute atomic E-state index is 0.0652. The van der Waals surface area contributed by atoms with Gasteiger partial charge in [0.2, 0.25) is 0 Å². The Labute approximate surface area is 119 Å². The highest BCUT2D eigenvalue weighted by molar-refractivity contribution is 5.95. The molecule has 0 aliphatic rings. The quantitative estimate of drug-likeness (QED) is 0.580. The molecule has 0 unspecified atom stereocenters. The number of hydrogen-bond donors (Lipinski definition) is 1. The van der Waals surface area contributed by atoms with E-state index in [1.165, 1.54) is 6.20 Å². The number of aromatic nitrogens is 4. The van der Waals surface area contributed by atoms with Crippen molar-refractivity contribution in [2.45, 2.75) is 6.54 Å². The van der Waals surface area contributed by atoms with Crippen LogP contribution in [0.15, 0.2) is 36.8 Å². The number of fused-ring (bicyclic) bond motifs is 1. The van der Waals surface area contributed by atoms with Crippen molar-refractivity contribution in [1.82, 2.24) is 19.7 Å². The lowest BCUT2D eigenvalue weighted by Gasteiger charge is -2.08. The smallest absolute Gasteiger partial charge is 0.311 e. The lowest BCUT2D eigenvalue weighted by Crippen LogP contribution is -2.06. The molecule has 1 N–H and O–H groups in total. The maximum atomic E-state index is 11.2. The molecule has 0 amide bonds. The molecule has 0 radical (unpaired) electrons. The average Bonchev–Trinajstić information content (AvgIpc) is 2.90. The minimum atomic E-state index is -0.451. The lowest BCUT2D eigenvalue weighted by atomic mass is 10.1. The first-order valence-corrected chi connectivity index (χ1v) is 6.25. The summed E-state index contributed by atoms with van der Waals surface area (Å²) in [4.78, 5) is 18.9. The van der Waals surface area contributed by atoms with Crippen LogP contribution in [0.2, 0.25) is 0 Å². The van der Waals surface area contributed by atoms with E-state index >= 15 is 0 Å². The van der Waals surface area contributed by atoms with Gasteiger partial charge in [-0.2, -0.15) is 5.10 Å². The van der Waals surface area contributed by atoms with Crippen LogP contribution in [0.4, 0.5) is 11.4 Å². The molecule has 0 bridgehead atoms. The molecule has 0 aliphatic heterocycles. The van der Waals surface area contributed by atoms with Crippen molar-refractivity contribution < 1.29 is 4.92 Å². The number of aryl methyl sites for hydroxylation is 1. The third-order valence-electron chi connectivity index (χ3n) is 3.02. The van der Waals surface area contributed by atoms with Gasteiger partial charge in [-0.15, -0.1) is 0 Å². The van der Waals surface area contributed by atoms with Crippen molar-refractivity contribution in [1.29, 1.82) is 0 Å². The highest BCUT2D eigenvalue weighted by Gasteiger charge is 2.18. The topological polar surface area (TPSA) is 98.8 Å². The van der Waals surface area contributed by atoms with Crippen LogP contribution >= 0.6 is 0 Å². The van der Waals surface area contributed by atoms with E-state index in [0.29, 0.717) is 29.0 Å². The number of rotatable bonds is 4. The first-order valence-electron chi connectivity index (χ1n) is 6.25. The Morgan fingerprint density at radius 1 is 1.33 bits per heavy atom. The molecule has 2 heterocycles. The van der Waals surface area contributed by atoms with Crippen molar-refractivity contribution >= 4 is 22.3 Å². The van der Waals surface area contributed by atoms with E-state index < -0.39 is 4.92 Å². The van der Waals surface area contributed by atoms with Crippen molar-refractivity contribution in [3.8, 4) is 0 Å². The molecule has 8 heteroatoms. The van der Waals surface area contributed by atoms with E-state index in [1.54, 1.807) is 24.1 Å². The van der Waals surface area contributed by atoms with Crippen molar-refractivity contribution in [3.63, 3.8) is 0 Å². The SMILES string of the molecule is Cn1cnc(CNc2c([N+](=O)[O-])cnc3ccccc23)n1. The Bertz CT molecular complexity index is 813. The van der Waals surface area contributed by atoms with Gasteiger partial charge in [0.1, 0.15) is 18.2 Å². The maximum Gasteiger partial charge on any atom is 0.311 e. The Hall–Kier alpha value is -3.03. The van der Waals surface area contributed by atoms with Crippen LogP contribution in [0.5, 0.6) is 0 Å². The molecule has 21 heavy (non-hydrogen) atoms. The summed E-state index contributed by atoms with van der Waals surface area (Å²) in [6.07, 6.45) is 2.84. The van der Waals surface area contributed by atoms with Crippen LogP contribution in [-0.4, -0.2) is 24.7 Å². The van der Waals surface area contributed by atoms with E-state index in [2.05, 4.69) is 20.4 Å². The Kier molecular flexibility index (Phi) is 3.19. The van der Waals surface area contributed by atoms with Crippen molar-refractivity contribution in [3.05, 3.63) is 52.7 Å². The van der Waals surface area contributed by atoms with Gasteiger partial charge in [0.05, 0.1) is 17.0 Å². The second kappa shape index (κ2) is 5.16. The largest absolute Gasteiger partial charge is 0.372 e. The van der Waals surface area contributed by atoms with Crippen LogP contribution in [-0.2, 0) is 13.6 Å². The average molecular weight is 284 g/mol. The van der Waals surface area contributed by atoms with Crippen molar-refractivity contribution in [2.75, 3.05) is 5.32 Å². The molecule has 106 valence electrons. The van der Waals surface area contributed by atoms with Gasteiger partial charge in [-0.3, -0.25) is 14.8 Å². The molecule has 1 aromatic carbocycles. The van der Waals surface area contributed by atoms with Gasteiger partial charge in [0, 0.05) is 12.4 Å². The summed E-state index contributed by atoms with van der Waals surface area (Å²) in [5.41, 5.74) is 1.06. The summed E-state index contributed by atoms with van der Waals surface area (Å²) < 4.78 is 1.58. The fraction of sp³-hybridized carbons (Fsp3) is 0.154. The zero-order valence-corrected chi connectivity index (χ0v) is 11.2. The molecule has 8 nitrogen and oxygen atoms in total. The molecule has 0 spiro atoms. The second-order valence-electron chi connectivity index (χ2n) is 4.48. The highest BCUT2D eigenvalue weighted by Crippen LogP contribution is 2.31. The number of benzene rings is 1. The number of nitrogens with one attached hydrogen (secondary N) is 1. The standard InChI is InChI=1S/C13H12N6O2/c1-18-8-16-12(17-18)7-15-13-9-4-2-3-5-10(9)14-6-11(13)19(20)21/h2-6,8H,7H2,1H3,(H,14,15). The van der Waals surface area contributed by atoms with Crippen LogP contribution in [0.25, 0.3) is 10.9 Å². The number of nitro groups is 1. The zero-order chi connectivity index (χ0) is 14.8. The van der Waals surface area contributed by atoms with Crippen LogP contribution < -0.4 is 5.32 Å². The molecular formula is C13H12N6O2. The lowest BCUT2D eigenvalue weighted by molar-refractivity contribution is -0.384. The van der Waals surface area contributed by atoms with Crippen molar-refractivity contribution in [2.24, 2.45) is 7.05 Å². The number of nitrogens with zero attached hydrogens (tertiary/aromatic N) is 5. The Morgan fingerprint density at radius 3 is 2.86 bits per heavy atom. The van der Waals surface area contributed by atoms with Gasteiger partial charge in [-0.05, 0) is 6.07 Å². The molecule has 3 aromatic rings. The number of para-hydroxylation sites is 1. The molecular weight excluding hydrogens is 272 g/mol. The van der Waals surface area contributed by atoms with Crippen LogP contribution in [0.1, 0.15) is 5.82 Å². The Morgan fingerprint density at radius 2 is 2.14 bits per heavy atom. The summed E-state index contributed by atoms with van der Waals surface area (Å²) in [7, 11) is 1.76. The van der Waals surface area contributed by atoms with E-state index in [0.717, 1.165) is 0 Å². The molecule has 0 saturated heterocycles. The first-order chi connectivity index (χ1) is 10.1. The van der Waals surface area contributed by atoms with Gasteiger partial charge in [-0.25, -0.2) is 9.97 Å². The predicted octanol–water partition coefficient (Wildman–Crippen LogP) is 1.88. The summed E-state index contributed by atoms with van der Waals surface area (Å²) in [6, 6.07) is 7.26. The molecule has 0 fully saturated rings. The molecule has 3 rings (SSSR count). The minimum Gasteiger partial charge on any atom is -0.372 e. The van der Waals surface area contributed by atoms with Gasteiger partial charge in [0.25, 0.3) is 0 Å². The fourth-order valence-electron chi connectivity index (χ4n) is 2.09. The summed E-state index contributed by atoms with van der Waals surface area (Å²) in [6.45, 7) is 0.301. The first kappa shape index (κ1) is 13.0. The number of pyridine rings is 1. The van der Waals surface area contributed by atoms with E-state index in [4.69, 9.17) is 0 Å². The van der Waals surface area contributed by atoms with Gasteiger partial charge < -0.3 is 5.32 Å².